The lowest BCUT2D eigenvalue weighted by molar-refractivity contribution is -0.150. The van der Waals surface area contributed by atoms with E-state index in [1.807, 2.05) is 131 Å². The number of aromatic nitrogens is 1. The SMILES string of the molecule is CC(C)C(=O)N1C(C)CN(Cc2ccnc(-c3ccc(-c4ccc(CNC(=O)C5CN(Cc6cc(C#N)ccc6F)CC(C)N5C(=O)C(C)C)cc4)o3)c2)CC1C(=O)NCc1ccc(-c2ccco2)cc1. The first-order valence-corrected chi connectivity index (χ1v) is 24.3. The van der Waals surface area contributed by atoms with Crippen molar-refractivity contribution < 1.29 is 32.4 Å². The molecule has 3 aromatic carbocycles. The van der Waals surface area contributed by atoms with Gasteiger partial charge in [-0.2, -0.15) is 5.26 Å². The summed E-state index contributed by atoms with van der Waals surface area (Å²) in [7, 11) is 0. The maximum absolute atomic E-state index is 14.8. The molecule has 4 atom stereocenters. The lowest BCUT2D eigenvalue weighted by Crippen LogP contribution is -2.64. The number of nitrogens with zero attached hydrogens (tertiary/aromatic N) is 6. The molecule has 2 fully saturated rings. The van der Waals surface area contributed by atoms with E-state index in [0.29, 0.717) is 61.1 Å². The van der Waals surface area contributed by atoms with Gasteiger partial charge in [0, 0.05) is 99.2 Å². The molecule has 6 aromatic rings. The zero-order valence-corrected chi connectivity index (χ0v) is 41.1. The fourth-order valence-corrected chi connectivity index (χ4v) is 9.60. The van der Waals surface area contributed by atoms with Gasteiger partial charge in [0.25, 0.3) is 0 Å². The van der Waals surface area contributed by atoms with E-state index in [9.17, 15) is 28.8 Å². The zero-order chi connectivity index (χ0) is 50.3. The Kier molecular flexibility index (Phi) is 15.6. The Morgan fingerprint density at radius 2 is 1.23 bits per heavy atom. The quantitative estimate of drug-likeness (QED) is 0.103. The van der Waals surface area contributed by atoms with Gasteiger partial charge in [-0.25, -0.2) is 4.39 Å². The van der Waals surface area contributed by atoms with Gasteiger partial charge in [0.2, 0.25) is 23.6 Å². The Labute approximate surface area is 414 Å². The molecule has 0 radical (unpaired) electrons. The number of amides is 4. The van der Waals surface area contributed by atoms with Crippen LogP contribution in [-0.2, 0) is 45.4 Å². The van der Waals surface area contributed by atoms with Crippen molar-refractivity contribution in [1.82, 2.24) is 35.2 Å². The third kappa shape index (κ3) is 11.8. The number of hydrogen-bond donors (Lipinski definition) is 2. The van der Waals surface area contributed by atoms with E-state index in [2.05, 4.69) is 26.6 Å². The molecular weight excluding hydrogens is 900 g/mol. The maximum atomic E-state index is 14.8. The van der Waals surface area contributed by atoms with Crippen LogP contribution in [0.1, 0.15) is 69.4 Å². The number of furan rings is 2. The van der Waals surface area contributed by atoms with E-state index in [1.165, 1.54) is 18.2 Å². The van der Waals surface area contributed by atoms with E-state index in [0.717, 1.165) is 33.6 Å². The van der Waals surface area contributed by atoms with Crippen LogP contribution in [0.2, 0.25) is 0 Å². The van der Waals surface area contributed by atoms with Crippen molar-refractivity contribution in [3.63, 3.8) is 0 Å². The molecule has 8 rings (SSSR count). The molecule has 2 aliphatic heterocycles. The van der Waals surface area contributed by atoms with Crippen molar-refractivity contribution in [2.75, 3.05) is 26.2 Å². The van der Waals surface area contributed by atoms with Crippen LogP contribution < -0.4 is 10.6 Å². The molecule has 14 nitrogen and oxygen atoms in total. The molecule has 0 aliphatic carbocycles. The third-order valence-electron chi connectivity index (χ3n) is 13.2. The predicted octanol–water partition coefficient (Wildman–Crippen LogP) is 8.03. The van der Waals surface area contributed by atoms with Gasteiger partial charge in [0.05, 0.1) is 17.9 Å². The van der Waals surface area contributed by atoms with Crippen molar-refractivity contribution in [3.05, 3.63) is 149 Å². The molecule has 0 bridgehead atoms. The highest BCUT2D eigenvalue weighted by atomic mass is 19.1. The lowest BCUT2D eigenvalue weighted by Gasteiger charge is -2.45. The van der Waals surface area contributed by atoms with Crippen LogP contribution in [0.4, 0.5) is 4.39 Å². The van der Waals surface area contributed by atoms with E-state index < -0.39 is 17.9 Å². The first-order valence-electron chi connectivity index (χ1n) is 24.3. The van der Waals surface area contributed by atoms with Crippen LogP contribution in [0.3, 0.4) is 0 Å². The average molecular weight is 961 g/mol. The Balaban J connectivity index is 0.889. The number of piperazine rings is 2. The number of nitriles is 1. The largest absolute Gasteiger partial charge is 0.464 e. The molecular formula is C56H61FN8O6. The number of carbonyl (C=O) groups excluding carboxylic acids is 4. The summed E-state index contributed by atoms with van der Waals surface area (Å²) in [6, 6.07) is 31.3. The Morgan fingerprint density at radius 1 is 0.676 bits per heavy atom. The Bertz CT molecular complexity index is 2870. The smallest absolute Gasteiger partial charge is 0.244 e. The second-order valence-corrected chi connectivity index (χ2v) is 19.4. The number of halogens is 1. The predicted molar refractivity (Wildman–Crippen MR) is 267 cm³/mol. The van der Waals surface area contributed by atoms with Crippen molar-refractivity contribution in [1.29, 1.82) is 5.26 Å². The average Bonchev–Trinajstić information content (AvgIpc) is 4.10. The van der Waals surface area contributed by atoms with Gasteiger partial charge in [-0.05, 0) is 85.1 Å². The number of rotatable bonds is 15. The van der Waals surface area contributed by atoms with Gasteiger partial charge in [-0.15, -0.1) is 0 Å². The minimum Gasteiger partial charge on any atom is -0.464 e. The molecule has 0 spiro atoms. The Morgan fingerprint density at radius 3 is 1.76 bits per heavy atom. The molecule has 4 unspecified atom stereocenters. The number of benzene rings is 3. The number of hydrogen-bond acceptors (Lipinski definition) is 10. The van der Waals surface area contributed by atoms with Gasteiger partial charge in [0.1, 0.15) is 35.1 Å². The Hall–Kier alpha value is -7.41. The summed E-state index contributed by atoms with van der Waals surface area (Å²) in [6.45, 7) is 14.1. The van der Waals surface area contributed by atoms with Gasteiger partial charge < -0.3 is 29.3 Å². The van der Waals surface area contributed by atoms with E-state index in [4.69, 9.17) is 8.83 Å². The van der Waals surface area contributed by atoms with Crippen molar-refractivity contribution >= 4 is 23.6 Å². The molecule has 15 heteroatoms. The van der Waals surface area contributed by atoms with E-state index >= 15 is 0 Å². The second-order valence-electron chi connectivity index (χ2n) is 19.4. The van der Waals surface area contributed by atoms with Gasteiger partial charge >= 0.3 is 0 Å². The summed E-state index contributed by atoms with van der Waals surface area (Å²) in [5, 5.41) is 15.5. The van der Waals surface area contributed by atoms with Crippen LogP contribution in [0, 0.1) is 29.0 Å². The summed E-state index contributed by atoms with van der Waals surface area (Å²) in [6.07, 6.45) is 3.38. The topological polar surface area (TPSA) is 168 Å². The summed E-state index contributed by atoms with van der Waals surface area (Å²) < 4.78 is 26.6. The van der Waals surface area contributed by atoms with Crippen LogP contribution in [-0.4, -0.2) is 98.6 Å². The summed E-state index contributed by atoms with van der Waals surface area (Å²) in [5.41, 5.74) is 5.92. The normalized spacial score (nSPS) is 18.6. The van der Waals surface area contributed by atoms with Crippen molar-refractivity contribution in [2.45, 2.75) is 91.9 Å². The number of nitrogens with one attached hydrogen (secondary N) is 2. The number of carbonyl (C=O) groups is 4. The molecule has 2 aliphatic rings. The summed E-state index contributed by atoms with van der Waals surface area (Å²) in [4.78, 5) is 67.0. The standard InChI is InChI=1S/C56H61FN8O6/c1-35(2)55(68)64-37(5)29-62(33-48(64)53(66)60-27-39-9-14-43(15-10-39)50-8-7-23-70-50)31-42-21-22-59-47(25-42)52-20-19-51(71-52)44-16-11-40(12-17-44)28-61-54(67)49-34-63(30-38(6)65(49)56(69)36(3)4)32-45-24-41(26-58)13-18-46(45)57/h7-25,35-38,48-49H,27-34H2,1-6H3,(H,60,66)(H,61,67). The van der Waals surface area contributed by atoms with Crippen molar-refractivity contribution in [2.24, 2.45) is 11.8 Å². The van der Waals surface area contributed by atoms with Gasteiger partial charge in [-0.3, -0.25) is 34.0 Å². The van der Waals surface area contributed by atoms with Crippen molar-refractivity contribution in [3.8, 4) is 40.2 Å². The third-order valence-corrected chi connectivity index (χ3v) is 13.2. The monoisotopic (exact) mass is 960 g/mol. The van der Waals surface area contributed by atoms with E-state index in [1.54, 1.807) is 22.3 Å². The highest BCUT2D eigenvalue weighted by Crippen LogP contribution is 2.30. The lowest BCUT2D eigenvalue weighted by atomic mass is 10.0. The van der Waals surface area contributed by atoms with Crippen LogP contribution in [0.25, 0.3) is 34.1 Å². The van der Waals surface area contributed by atoms with Gasteiger partial charge in [0.15, 0.2) is 5.76 Å². The molecule has 2 N–H and O–H groups in total. The molecule has 4 amide bonds. The highest BCUT2D eigenvalue weighted by molar-refractivity contribution is 5.90. The minimum atomic E-state index is -0.796. The van der Waals surface area contributed by atoms with Gasteiger partial charge in [-0.1, -0.05) is 76.2 Å². The minimum absolute atomic E-state index is 0.0525. The molecule has 0 saturated carbocycles. The highest BCUT2D eigenvalue weighted by Gasteiger charge is 2.41. The molecule has 71 heavy (non-hydrogen) atoms. The van der Waals surface area contributed by atoms with Crippen LogP contribution in [0.15, 0.2) is 124 Å². The molecule has 368 valence electrons. The molecule has 3 aromatic heterocycles. The first-order chi connectivity index (χ1) is 34.1. The number of pyridine rings is 1. The fraction of sp³-hybridized carbons (Fsp3) is 0.357. The van der Waals surface area contributed by atoms with Crippen LogP contribution in [0.5, 0.6) is 0 Å². The molecule has 2 saturated heterocycles. The molecule has 5 heterocycles. The first kappa shape index (κ1) is 50.0. The van der Waals surface area contributed by atoms with Crippen LogP contribution >= 0.6 is 0 Å². The fourth-order valence-electron chi connectivity index (χ4n) is 9.60. The maximum Gasteiger partial charge on any atom is 0.244 e. The summed E-state index contributed by atoms with van der Waals surface area (Å²) >= 11 is 0. The zero-order valence-electron chi connectivity index (χ0n) is 41.1. The summed E-state index contributed by atoms with van der Waals surface area (Å²) in [5.74, 6) is 0.309. The second kappa shape index (κ2) is 22.1. The van der Waals surface area contributed by atoms with E-state index in [-0.39, 0.29) is 67.2 Å².